The van der Waals surface area contributed by atoms with E-state index in [0.717, 1.165) is 12.8 Å². The lowest BCUT2D eigenvalue weighted by atomic mass is 9.85. The van der Waals surface area contributed by atoms with E-state index in [4.69, 9.17) is 30.8 Å². The van der Waals surface area contributed by atoms with Gasteiger partial charge in [-0.15, -0.1) is 0 Å². The van der Waals surface area contributed by atoms with Gasteiger partial charge in [0.15, 0.2) is 5.82 Å². The van der Waals surface area contributed by atoms with Crippen molar-refractivity contribution in [1.29, 1.82) is 0 Å². The smallest absolute Gasteiger partial charge is 0.408 e. The highest BCUT2D eigenvalue weighted by atomic mass is 35.5. The first-order valence-electron chi connectivity index (χ1n) is 17.9. The van der Waals surface area contributed by atoms with Crippen molar-refractivity contribution < 1.29 is 38.5 Å². The van der Waals surface area contributed by atoms with Crippen LogP contribution in [0.25, 0.3) is 16.7 Å². The molecular formula is C37H45ClN6O8. The summed E-state index contributed by atoms with van der Waals surface area (Å²) < 4.78 is 19.3. The molecule has 3 aliphatic carbocycles. The average Bonchev–Trinajstić information content (AvgIpc) is 3.71. The van der Waals surface area contributed by atoms with E-state index in [9.17, 15) is 24.3 Å². The monoisotopic (exact) mass is 736 g/mol. The number of pyridine rings is 1. The normalized spacial score (nSPS) is 28.2. The Balaban J connectivity index is 1.19. The number of nitrogens with one attached hydrogen (secondary N) is 2. The van der Waals surface area contributed by atoms with E-state index in [1.54, 1.807) is 41.3 Å². The van der Waals surface area contributed by atoms with Gasteiger partial charge in [0.25, 0.3) is 0 Å². The summed E-state index contributed by atoms with van der Waals surface area (Å²) in [4.78, 5) is 60.3. The number of nitrogens with zero attached hydrogens (tertiary/aromatic N) is 4. The average molecular weight is 737 g/mol. The number of likely N-dealkylation sites (tertiary alicyclic amines) is 1. The summed E-state index contributed by atoms with van der Waals surface area (Å²) in [7, 11) is 1.51. The Morgan fingerprint density at radius 1 is 1.10 bits per heavy atom. The van der Waals surface area contributed by atoms with Crippen LogP contribution >= 0.6 is 11.6 Å². The van der Waals surface area contributed by atoms with Gasteiger partial charge >= 0.3 is 12.1 Å². The van der Waals surface area contributed by atoms with Crippen LogP contribution in [0.1, 0.15) is 66.2 Å². The molecule has 8 atom stereocenters. The zero-order valence-corrected chi connectivity index (χ0v) is 30.7. The molecule has 3 amide bonds. The fourth-order valence-corrected chi connectivity index (χ4v) is 8.28. The Hall–Kier alpha value is -4.59. The third-order valence-electron chi connectivity index (χ3n) is 11.1. The number of carboxylic acid groups (broad SMARTS) is 1. The highest BCUT2D eigenvalue weighted by molar-refractivity contribution is 6.36. The predicted octanol–water partition coefficient (Wildman–Crippen LogP) is 4.74. The van der Waals surface area contributed by atoms with Gasteiger partial charge in [-0.3, -0.25) is 9.59 Å². The molecule has 0 spiro atoms. The van der Waals surface area contributed by atoms with Gasteiger partial charge < -0.3 is 34.9 Å². The van der Waals surface area contributed by atoms with Gasteiger partial charge in [0.2, 0.25) is 11.8 Å². The van der Waals surface area contributed by atoms with Crippen molar-refractivity contribution in [2.75, 3.05) is 13.7 Å². The molecule has 278 valence electrons. The maximum absolute atomic E-state index is 14.6. The maximum Gasteiger partial charge on any atom is 0.408 e. The predicted molar refractivity (Wildman–Crippen MR) is 189 cm³/mol. The lowest BCUT2D eigenvalue weighted by molar-refractivity contribution is -0.146. The summed E-state index contributed by atoms with van der Waals surface area (Å²) in [5, 5.41) is 20.8. The number of methoxy groups -OCH3 is 1. The molecule has 0 bridgehead atoms. The number of hydrogen-bond donors (Lipinski definition) is 3. The van der Waals surface area contributed by atoms with Crippen LogP contribution in [0.4, 0.5) is 4.79 Å². The van der Waals surface area contributed by atoms with Crippen molar-refractivity contribution >= 4 is 46.4 Å². The van der Waals surface area contributed by atoms with E-state index in [0.29, 0.717) is 52.9 Å². The molecule has 2 aromatic heterocycles. The number of carboxylic acids is 1. The van der Waals surface area contributed by atoms with E-state index < -0.39 is 53.0 Å². The van der Waals surface area contributed by atoms with Crippen molar-refractivity contribution in [2.45, 2.75) is 96.1 Å². The minimum atomic E-state index is -1.40. The van der Waals surface area contributed by atoms with Crippen molar-refractivity contribution in [3.05, 3.63) is 41.7 Å². The molecule has 4 fully saturated rings. The molecule has 7 rings (SSSR count). The van der Waals surface area contributed by atoms with Crippen LogP contribution in [-0.2, 0) is 19.1 Å². The molecule has 14 nitrogen and oxygen atoms in total. The lowest BCUT2D eigenvalue weighted by Gasteiger charge is -2.35. The van der Waals surface area contributed by atoms with E-state index in [1.807, 2.05) is 27.7 Å². The molecule has 3 aromatic rings. The van der Waals surface area contributed by atoms with Gasteiger partial charge in [0.05, 0.1) is 19.2 Å². The summed E-state index contributed by atoms with van der Waals surface area (Å²) in [6.45, 7) is 7.34. The van der Waals surface area contributed by atoms with Crippen molar-refractivity contribution in [2.24, 2.45) is 23.2 Å². The Morgan fingerprint density at radius 3 is 2.46 bits per heavy atom. The first kappa shape index (κ1) is 35.8. The summed E-state index contributed by atoms with van der Waals surface area (Å²) in [5.41, 5.74) is -1.76. The molecular weight excluding hydrogens is 692 g/mol. The number of ether oxygens (including phenoxy) is 3. The van der Waals surface area contributed by atoms with E-state index in [-0.39, 0.29) is 30.0 Å². The Morgan fingerprint density at radius 2 is 1.85 bits per heavy atom. The number of alkyl carbamates (subject to hydrolysis) is 1. The number of hydrogen-bond acceptors (Lipinski definition) is 9. The van der Waals surface area contributed by atoms with E-state index in [1.165, 1.54) is 18.4 Å². The SMILES string of the molecule is CC[C@@H]1C[C@]1(NC(=O)[C@@H]1C[C@@H](Oc2cc(-n3cccn3)nc3c(Cl)c(OC)ccc23)CN1C(=O)[C@@H](NC(=O)O[C@H]1C[C@@H]2C[C@@H]2C1)C(C)(C)C)C(=O)O. The van der Waals surface area contributed by atoms with Gasteiger partial charge in [-0.2, -0.15) is 5.10 Å². The van der Waals surface area contributed by atoms with Crippen LogP contribution in [0.3, 0.4) is 0 Å². The van der Waals surface area contributed by atoms with Crippen LogP contribution in [0.5, 0.6) is 11.5 Å². The first-order chi connectivity index (χ1) is 24.7. The van der Waals surface area contributed by atoms with Crippen LogP contribution in [0.15, 0.2) is 36.7 Å². The molecule has 1 saturated heterocycles. The third kappa shape index (κ3) is 6.72. The minimum absolute atomic E-state index is 0.0195. The summed E-state index contributed by atoms with van der Waals surface area (Å²) in [6, 6.07) is 4.79. The van der Waals surface area contributed by atoms with Crippen LogP contribution in [0, 0.1) is 23.2 Å². The molecule has 4 aliphatic rings. The number of halogens is 1. The molecule has 3 N–H and O–H groups in total. The summed E-state index contributed by atoms with van der Waals surface area (Å²) >= 11 is 6.72. The lowest BCUT2D eigenvalue weighted by Crippen LogP contribution is -2.59. The van der Waals surface area contributed by atoms with Gasteiger partial charge in [-0.05, 0) is 67.1 Å². The molecule has 3 heterocycles. The number of rotatable bonds is 11. The molecule has 15 heteroatoms. The molecule has 1 aromatic carbocycles. The number of benzene rings is 1. The second-order valence-corrected chi connectivity index (χ2v) is 16.0. The van der Waals surface area contributed by atoms with Crippen molar-refractivity contribution in [1.82, 2.24) is 30.3 Å². The minimum Gasteiger partial charge on any atom is -0.495 e. The summed E-state index contributed by atoms with van der Waals surface area (Å²) in [6.07, 6.45) is 5.53. The molecule has 0 radical (unpaired) electrons. The maximum atomic E-state index is 14.6. The van der Waals surface area contributed by atoms with Crippen molar-refractivity contribution in [3.8, 4) is 17.3 Å². The van der Waals surface area contributed by atoms with Gasteiger partial charge in [0.1, 0.15) is 46.4 Å². The van der Waals surface area contributed by atoms with Crippen LogP contribution < -0.4 is 20.1 Å². The van der Waals surface area contributed by atoms with Crippen molar-refractivity contribution in [3.63, 3.8) is 0 Å². The standard InChI is InChI=1S/C37H45ClN6O8/c1-6-21-17-37(21,34(47)48)42-32(45)25-15-23(18-43(25)33(46)31(36(2,3)4)41-35(49)52-22-13-19-12-20(19)14-22)51-27-16-28(44-11-7-10-39-44)40-30-24(27)8-9-26(50-5)29(30)38/h7-11,16,19-23,25,31H,6,12-15,17-18H2,1-5H3,(H,41,49)(H,42,45)(H,47,48)/t19-,20+,21-,22-,23-,25+,31-,37-/m1/s1. The number of aromatic nitrogens is 3. The van der Waals surface area contributed by atoms with Crippen LogP contribution in [-0.4, -0.2) is 92.1 Å². The molecule has 52 heavy (non-hydrogen) atoms. The van der Waals surface area contributed by atoms with Gasteiger partial charge in [-0.1, -0.05) is 45.7 Å². The molecule has 1 aliphatic heterocycles. The van der Waals surface area contributed by atoms with Gasteiger partial charge in [-0.25, -0.2) is 19.3 Å². The topological polar surface area (TPSA) is 174 Å². The third-order valence-corrected chi connectivity index (χ3v) is 11.5. The number of fused-ring (bicyclic) bond motifs is 2. The second-order valence-electron chi connectivity index (χ2n) is 15.7. The zero-order valence-electron chi connectivity index (χ0n) is 29.9. The van der Waals surface area contributed by atoms with Gasteiger partial charge in [0, 0.05) is 30.3 Å². The fourth-order valence-electron chi connectivity index (χ4n) is 7.99. The summed E-state index contributed by atoms with van der Waals surface area (Å²) in [5.74, 6) is 0.0109. The highest BCUT2D eigenvalue weighted by Crippen LogP contribution is 2.52. The van der Waals surface area contributed by atoms with Crippen LogP contribution in [0.2, 0.25) is 5.02 Å². The Bertz CT molecular complexity index is 1890. The Kier molecular flexibility index (Phi) is 9.25. The number of carbonyl (C=O) groups is 4. The number of amides is 3. The second kappa shape index (κ2) is 13.4. The largest absolute Gasteiger partial charge is 0.495 e. The van der Waals surface area contributed by atoms with E-state index >= 15 is 0 Å². The Labute approximate surface area is 306 Å². The zero-order chi connectivity index (χ0) is 37.1. The fraction of sp³-hybridized carbons (Fsp3) is 0.568. The quantitative estimate of drug-likeness (QED) is 0.250. The highest BCUT2D eigenvalue weighted by Gasteiger charge is 2.61. The van der Waals surface area contributed by atoms with E-state index in [2.05, 4.69) is 15.7 Å². The molecule has 0 unspecified atom stereocenters. The molecule has 3 saturated carbocycles. The first-order valence-corrected chi connectivity index (χ1v) is 18.3. The number of carbonyl (C=O) groups excluding carboxylic acids is 3. The number of aliphatic carboxylic acids is 1.